The van der Waals surface area contributed by atoms with Crippen molar-refractivity contribution in [1.29, 1.82) is 0 Å². The first-order valence-corrected chi connectivity index (χ1v) is 4.57. The van der Waals surface area contributed by atoms with E-state index in [4.69, 9.17) is 0 Å². The van der Waals surface area contributed by atoms with E-state index in [9.17, 15) is 4.79 Å². The predicted octanol–water partition coefficient (Wildman–Crippen LogP) is -0.161. The number of rotatable bonds is 1. The summed E-state index contributed by atoms with van der Waals surface area (Å²) in [5, 5.41) is 3.26. The Balaban J connectivity index is 1.92. The summed E-state index contributed by atoms with van der Waals surface area (Å²) in [7, 11) is 0. The maximum absolute atomic E-state index is 10.9. The van der Waals surface area contributed by atoms with Gasteiger partial charge in [0.15, 0.2) is 0 Å². The number of nitrogens with zero attached hydrogens (tertiary/aromatic N) is 1. The summed E-state index contributed by atoms with van der Waals surface area (Å²) in [6.45, 7) is 1.99. The molecule has 2 aliphatic heterocycles. The standard InChI is InChI=1S/C6H10N2OS/c9-5-1-3-8(5)6-7-2-4-10-6/h6-7H,1-4H2. The Kier molecular flexibility index (Phi) is 1.58. The van der Waals surface area contributed by atoms with Crippen molar-refractivity contribution >= 4 is 17.7 Å². The Morgan fingerprint density at radius 3 is 3.00 bits per heavy atom. The molecule has 56 valence electrons. The molecule has 3 nitrogen and oxygen atoms in total. The molecule has 0 aromatic carbocycles. The summed E-state index contributed by atoms with van der Waals surface area (Å²) < 4.78 is 0. The van der Waals surface area contributed by atoms with E-state index in [-0.39, 0.29) is 0 Å². The van der Waals surface area contributed by atoms with E-state index in [1.54, 1.807) is 0 Å². The van der Waals surface area contributed by atoms with Crippen molar-refractivity contribution in [3.05, 3.63) is 0 Å². The monoisotopic (exact) mass is 158 g/mol. The minimum Gasteiger partial charge on any atom is -0.317 e. The molecule has 0 radical (unpaired) electrons. The highest BCUT2D eigenvalue weighted by Crippen LogP contribution is 2.23. The summed E-state index contributed by atoms with van der Waals surface area (Å²) in [5.74, 6) is 1.43. The Morgan fingerprint density at radius 2 is 2.60 bits per heavy atom. The van der Waals surface area contributed by atoms with Gasteiger partial charge in [-0.3, -0.25) is 10.1 Å². The fraction of sp³-hybridized carbons (Fsp3) is 0.833. The molecule has 0 aromatic heterocycles. The molecule has 1 atom stereocenters. The van der Waals surface area contributed by atoms with Crippen LogP contribution in [0.25, 0.3) is 0 Å². The van der Waals surface area contributed by atoms with E-state index in [0.717, 1.165) is 25.3 Å². The van der Waals surface area contributed by atoms with Crippen molar-refractivity contribution in [2.75, 3.05) is 18.8 Å². The molecular formula is C6H10N2OS. The first kappa shape index (κ1) is 6.49. The van der Waals surface area contributed by atoms with Crippen molar-refractivity contribution in [1.82, 2.24) is 10.2 Å². The third-order valence-electron chi connectivity index (χ3n) is 1.87. The molecular weight excluding hydrogens is 148 g/mol. The minimum atomic E-state index is 0.293. The largest absolute Gasteiger partial charge is 0.317 e. The Labute approximate surface area is 64.1 Å². The van der Waals surface area contributed by atoms with E-state index in [1.807, 2.05) is 16.7 Å². The van der Waals surface area contributed by atoms with E-state index >= 15 is 0 Å². The van der Waals surface area contributed by atoms with Crippen molar-refractivity contribution in [3.63, 3.8) is 0 Å². The van der Waals surface area contributed by atoms with Gasteiger partial charge in [-0.15, -0.1) is 11.8 Å². The summed E-state index contributed by atoms with van der Waals surface area (Å²) in [4.78, 5) is 12.8. The van der Waals surface area contributed by atoms with Crippen molar-refractivity contribution in [2.24, 2.45) is 0 Å². The lowest BCUT2D eigenvalue weighted by atomic mass is 10.2. The molecule has 0 bridgehead atoms. The number of hydrogen-bond donors (Lipinski definition) is 1. The van der Waals surface area contributed by atoms with Gasteiger partial charge in [0, 0.05) is 25.3 Å². The Morgan fingerprint density at radius 1 is 1.70 bits per heavy atom. The van der Waals surface area contributed by atoms with Crippen LogP contribution in [0.5, 0.6) is 0 Å². The average Bonchev–Trinajstić information content (AvgIpc) is 2.37. The molecule has 2 fully saturated rings. The van der Waals surface area contributed by atoms with Crippen LogP contribution in [0.4, 0.5) is 0 Å². The first-order chi connectivity index (χ1) is 4.88. The van der Waals surface area contributed by atoms with Crippen LogP contribution in [0, 0.1) is 0 Å². The van der Waals surface area contributed by atoms with Gasteiger partial charge in [-0.2, -0.15) is 0 Å². The van der Waals surface area contributed by atoms with Crippen LogP contribution in [0.2, 0.25) is 0 Å². The lowest BCUT2D eigenvalue weighted by Gasteiger charge is -2.35. The molecule has 1 N–H and O–H groups in total. The van der Waals surface area contributed by atoms with Crippen LogP contribution >= 0.6 is 11.8 Å². The topological polar surface area (TPSA) is 32.3 Å². The van der Waals surface area contributed by atoms with Crippen LogP contribution in [0.1, 0.15) is 6.42 Å². The number of likely N-dealkylation sites (tertiary alicyclic amines) is 1. The SMILES string of the molecule is O=C1CCN1C1NCCS1. The lowest BCUT2D eigenvalue weighted by molar-refractivity contribution is -0.141. The van der Waals surface area contributed by atoms with Gasteiger partial charge in [-0.05, 0) is 0 Å². The van der Waals surface area contributed by atoms with Crippen LogP contribution in [0.3, 0.4) is 0 Å². The lowest BCUT2D eigenvalue weighted by Crippen LogP contribution is -2.52. The maximum Gasteiger partial charge on any atom is 0.226 e. The second kappa shape index (κ2) is 2.43. The van der Waals surface area contributed by atoms with Crippen LogP contribution in [-0.4, -0.2) is 35.1 Å². The molecule has 2 aliphatic rings. The molecule has 10 heavy (non-hydrogen) atoms. The number of carbonyl (C=O) groups is 1. The highest BCUT2D eigenvalue weighted by molar-refractivity contribution is 8.00. The first-order valence-electron chi connectivity index (χ1n) is 3.52. The zero-order valence-electron chi connectivity index (χ0n) is 5.67. The molecule has 0 aromatic rings. The molecule has 2 saturated heterocycles. The third-order valence-corrected chi connectivity index (χ3v) is 3.04. The van der Waals surface area contributed by atoms with Gasteiger partial charge in [0.1, 0.15) is 5.50 Å². The van der Waals surface area contributed by atoms with E-state index in [0.29, 0.717) is 11.4 Å². The van der Waals surface area contributed by atoms with Gasteiger partial charge < -0.3 is 4.90 Å². The molecule has 2 heterocycles. The summed E-state index contributed by atoms with van der Waals surface area (Å²) in [6, 6.07) is 0. The van der Waals surface area contributed by atoms with Gasteiger partial charge in [0.05, 0.1) is 0 Å². The van der Waals surface area contributed by atoms with Crippen LogP contribution in [0.15, 0.2) is 0 Å². The van der Waals surface area contributed by atoms with Crippen molar-refractivity contribution < 1.29 is 4.79 Å². The predicted molar refractivity (Wildman–Crippen MR) is 40.6 cm³/mol. The molecule has 4 heteroatoms. The second-order valence-corrected chi connectivity index (χ2v) is 3.70. The van der Waals surface area contributed by atoms with Crippen molar-refractivity contribution in [2.45, 2.75) is 11.9 Å². The van der Waals surface area contributed by atoms with Crippen LogP contribution < -0.4 is 5.32 Å². The third kappa shape index (κ3) is 0.914. The number of amides is 1. The number of thioether (sulfide) groups is 1. The van der Waals surface area contributed by atoms with Gasteiger partial charge in [-0.1, -0.05) is 0 Å². The number of nitrogens with one attached hydrogen (secondary N) is 1. The fourth-order valence-electron chi connectivity index (χ4n) is 1.19. The summed E-state index contributed by atoms with van der Waals surface area (Å²) in [6.07, 6.45) is 0.749. The number of carbonyl (C=O) groups excluding carboxylic acids is 1. The van der Waals surface area contributed by atoms with Crippen molar-refractivity contribution in [3.8, 4) is 0 Å². The quantitative estimate of drug-likeness (QED) is 0.538. The van der Waals surface area contributed by atoms with E-state index in [2.05, 4.69) is 5.32 Å². The highest BCUT2D eigenvalue weighted by Gasteiger charge is 2.32. The molecule has 2 rings (SSSR count). The number of β-lactam (4-membered cyclic amide) rings is 1. The fourth-order valence-corrected chi connectivity index (χ4v) is 2.29. The smallest absolute Gasteiger partial charge is 0.226 e. The highest BCUT2D eigenvalue weighted by atomic mass is 32.2. The number of hydrogen-bond acceptors (Lipinski definition) is 3. The second-order valence-electron chi connectivity index (χ2n) is 2.51. The molecule has 0 aliphatic carbocycles. The molecule has 1 unspecified atom stereocenters. The van der Waals surface area contributed by atoms with E-state index < -0.39 is 0 Å². The normalized spacial score (nSPS) is 32.6. The van der Waals surface area contributed by atoms with E-state index in [1.165, 1.54) is 0 Å². The van der Waals surface area contributed by atoms with Gasteiger partial charge in [-0.25, -0.2) is 0 Å². The zero-order valence-corrected chi connectivity index (χ0v) is 6.49. The molecule has 0 saturated carbocycles. The van der Waals surface area contributed by atoms with Crippen LogP contribution in [-0.2, 0) is 4.79 Å². The Bertz CT molecular complexity index is 156. The van der Waals surface area contributed by atoms with Gasteiger partial charge in [0.25, 0.3) is 0 Å². The average molecular weight is 158 g/mol. The molecule has 1 amide bonds. The summed E-state index contributed by atoms with van der Waals surface area (Å²) >= 11 is 1.82. The zero-order chi connectivity index (χ0) is 6.97. The van der Waals surface area contributed by atoms with Gasteiger partial charge in [0.2, 0.25) is 5.91 Å². The Hall–Kier alpha value is -0.220. The summed E-state index contributed by atoms with van der Waals surface area (Å²) in [5.41, 5.74) is 0.293. The molecule has 0 spiro atoms. The maximum atomic E-state index is 10.9. The minimum absolute atomic E-state index is 0.293. The van der Waals surface area contributed by atoms with Gasteiger partial charge >= 0.3 is 0 Å².